The van der Waals surface area contributed by atoms with E-state index in [4.69, 9.17) is 16.3 Å². The van der Waals surface area contributed by atoms with E-state index in [-0.39, 0.29) is 33.8 Å². The maximum Gasteiger partial charge on any atom is 0.424 e. The fourth-order valence-electron chi connectivity index (χ4n) is 3.93. The molecule has 168 valence electrons. The van der Waals surface area contributed by atoms with Gasteiger partial charge < -0.3 is 4.74 Å². The number of carbonyl (C=O) groups is 2. The number of hydrogen-bond donors (Lipinski definition) is 0. The summed E-state index contributed by atoms with van der Waals surface area (Å²) in [4.78, 5) is 24.8. The summed E-state index contributed by atoms with van der Waals surface area (Å²) in [5.74, 6) is -0.226. The molecule has 0 spiro atoms. The highest BCUT2D eigenvalue weighted by Crippen LogP contribution is 2.64. The molecule has 0 N–H and O–H groups in total. The number of halogens is 1. The highest BCUT2D eigenvalue weighted by molar-refractivity contribution is 7.89. The summed E-state index contributed by atoms with van der Waals surface area (Å²) < 4.78 is 32.7. The summed E-state index contributed by atoms with van der Waals surface area (Å²) >= 11 is 5.73. The topological polar surface area (TPSA) is 80.8 Å². The van der Waals surface area contributed by atoms with E-state index in [0.717, 1.165) is 9.87 Å². The molecule has 1 amide bonds. The van der Waals surface area contributed by atoms with E-state index in [9.17, 15) is 18.0 Å². The van der Waals surface area contributed by atoms with Crippen molar-refractivity contribution < 1.29 is 22.7 Å². The summed E-state index contributed by atoms with van der Waals surface area (Å²) in [6.45, 7) is 14.0. The van der Waals surface area contributed by atoms with E-state index in [1.807, 2.05) is 13.8 Å². The molecule has 1 aromatic carbocycles. The lowest BCUT2D eigenvalue weighted by atomic mass is 10.0. The normalized spacial score (nSPS) is 21.1. The van der Waals surface area contributed by atoms with Crippen molar-refractivity contribution >= 4 is 33.5 Å². The molecule has 0 aliphatic heterocycles. The first kappa shape index (κ1) is 24.7. The van der Waals surface area contributed by atoms with Crippen molar-refractivity contribution in [2.24, 2.45) is 11.3 Å². The lowest BCUT2D eigenvalue weighted by Gasteiger charge is -2.35. The third kappa shape index (κ3) is 4.83. The van der Waals surface area contributed by atoms with Gasteiger partial charge in [-0.1, -0.05) is 26.0 Å². The zero-order chi connectivity index (χ0) is 23.3. The Hall–Kier alpha value is -1.60. The van der Waals surface area contributed by atoms with Crippen LogP contribution in [0.5, 0.6) is 0 Å². The minimum Gasteiger partial charge on any atom is -0.443 e. The molecule has 1 aliphatic rings. The molecule has 0 heterocycles. The van der Waals surface area contributed by atoms with Crippen molar-refractivity contribution in [1.29, 1.82) is 0 Å². The van der Waals surface area contributed by atoms with Gasteiger partial charge >= 0.3 is 6.09 Å². The van der Waals surface area contributed by atoms with Gasteiger partial charge in [-0.25, -0.2) is 13.2 Å². The number of ketones is 1. The number of sulfonamides is 1. The van der Waals surface area contributed by atoms with Crippen LogP contribution in [0.3, 0.4) is 0 Å². The summed E-state index contributed by atoms with van der Waals surface area (Å²) in [5, 5.41) is 0. The van der Waals surface area contributed by atoms with E-state index in [2.05, 4.69) is 0 Å². The van der Waals surface area contributed by atoms with Crippen LogP contribution < -0.4 is 0 Å². The Bertz CT molecular complexity index is 924. The number of Topliss-reactive ketones (excluding diaryl/α,β-unsaturated/α-hetero) is 1. The van der Waals surface area contributed by atoms with E-state index in [0.29, 0.717) is 0 Å². The van der Waals surface area contributed by atoms with Crippen LogP contribution in [0.1, 0.15) is 66.9 Å². The van der Waals surface area contributed by atoms with Gasteiger partial charge in [-0.3, -0.25) is 4.79 Å². The molecule has 0 aromatic heterocycles. The van der Waals surface area contributed by atoms with Crippen LogP contribution in [0, 0.1) is 11.3 Å². The van der Waals surface area contributed by atoms with Crippen LogP contribution in [0.2, 0.25) is 0 Å². The van der Waals surface area contributed by atoms with Crippen LogP contribution in [-0.4, -0.2) is 41.6 Å². The number of benzene rings is 1. The highest BCUT2D eigenvalue weighted by Gasteiger charge is 2.61. The Labute approximate surface area is 185 Å². The van der Waals surface area contributed by atoms with Crippen molar-refractivity contribution in [2.75, 3.05) is 5.88 Å². The van der Waals surface area contributed by atoms with Crippen LogP contribution in [-0.2, 0) is 19.6 Å². The molecule has 0 unspecified atom stereocenters. The number of rotatable bonds is 5. The second-order valence-corrected chi connectivity index (χ2v) is 12.4. The van der Waals surface area contributed by atoms with Gasteiger partial charge in [0, 0.05) is 5.92 Å². The maximum absolute atomic E-state index is 13.3. The van der Waals surface area contributed by atoms with E-state index >= 15 is 0 Å². The van der Waals surface area contributed by atoms with Crippen molar-refractivity contribution in [3.8, 4) is 0 Å². The Kier molecular flexibility index (Phi) is 6.43. The second kappa shape index (κ2) is 7.83. The number of nitrogens with zero attached hydrogens (tertiary/aromatic N) is 1. The molecule has 0 radical (unpaired) electrons. The minimum atomic E-state index is -4.14. The fraction of sp³-hybridized carbons (Fsp3) is 0.636. The Balaban J connectivity index is 2.38. The molecular weight excluding hydrogens is 426 g/mol. The molecule has 6 nitrogen and oxygen atoms in total. The SMILES string of the molecule is CC(C)(C)OC(=O)N(C(C)(C)C)S(=O)(=O)c1ccc([C@H]2[C@H](C(=O)CCl)C2(C)C)cc1. The van der Waals surface area contributed by atoms with Gasteiger partial charge in [-0.15, -0.1) is 11.6 Å². The summed E-state index contributed by atoms with van der Waals surface area (Å²) in [6, 6.07) is 6.36. The Morgan fingerprint density at radius 3 is 1.97 bits per heavy atom. The van der Waals surface area contributed by atoms with Crippen molar-refractivity contribution in [3.63, 3.8) is 0 Å². The van der Waals surface area contributed by atoms with E-state index < -0.39 is 27.3 Å². The summed E-state index contributed by atoms with van der Waals surface area (Å²) in [5.41, 5.74) is -1.19. The quantitative estimate of drug-likeness (QED) is 0.584. The first-order valence-electron chi connectivity index (χ1n) is 9.91. The third-order valence-electron chi connectivity index (χ3n) is 5.25. The predicted molar refractivity (Wildman–Crippen MR) is 117 cm³/mol. The number of carbonyl (C=O) groups excluding carboxylic acids is 2. The first-order valence-corrected chi connectivity index (χ1v) is 11.9. The largest absolute Gasteiger partial charge is 0.443 e. The smallest absolute Gasteiger partial charge is 0.424 e. The van der Waals surface area contributed by atoms with Crippen LogP contribution in [0.15, 0.2) is 29.2 Å². The molecule has 8 heteroatoms. The lowest BCUT2D eigenvalue weighted by Crippen LogP contribution is -2.51. The van der Waals surface area contributed by atoms with Crippen molar-refractivity contribution in [1.82, 2.24) is 4.31 Å². The molecule has 0 bridgehead atoms. The molecular formula is C22H32ClNO5S. The van der Waals surface area contributed by atoms with Gasteiger partial charge in [0.2, 0.25) is 0 Å². The highest BCUT2D eigenvalue weighted by atomic mass is 35.5. The van der Waals surface area contributed by atoms with Crippen LogP contribution in [0.25, 0.3) is 0 Å². The molecule has 0 saturated heterocycles. The van der Waals surface area contributed by atoms with Crippen LogP contribution in [0.4, 0.5) is 4.79 Å². The fourth-order valence-corrected chi connectivity index (χ4v) is 5.74. The number of ether oxygens (including phenoxy) is 1. The Morgan fingerprint density at radius 2 is 1.57 bits per heavy atom. The summed E-state index contributed by atoms with van der Waals surface area (Å²) in [7, 11) is -4.14. The van der Waals surface area contributed by atoms with Gasteiger partial charge in [0.25, 0.3) is 10.0 Å². The molecule has 1 aromatic rings. The van der Waals surface area contributed by atoms with Crippen molar-refractivity contribution in [2.45, 2.75) is 77.3 Å². The van der Waals surface area contributed by atoms with Crippen LogP contribution >= 0.6 is 11.6 Å². The zero-order valence-electron chi connectivity index (χ0n) is 18.9. The number of alkyl halides is 1. The maximum atomic E-state index is 13.3. The molecule has 2 atom stereocenters. The van der Waals surface area contributed by atoms with E-state index in [1.165, 1.54) is 12.1 Å². The first-order chi connectivity index (χ1) is 13.4. The summed E-state index contributed by atoms with van der Waals surface area (Å²) in [6.07, 6.45) is -0.921. The van der Waals surface area contributed by atoms with E-state index in [1.54, 1.807) is 53.7 Å². The molecule has 1 aliphatic carbocycles. The Morgan fingerprint density at radius 1 is 1.07 bits per heavy atom. The standard InChI is InChI=1S/C22H32ClNO5S/c1-20(2,3)24(19(26)29-21(4,5)6)30(27,28)15-11-9-14(10-12-15)17-18(16(25)13-23)22(17,7)8/h9-12,17-18H,13H2,1-8H3/t17-,18-/m0/s1. The van der Waals surface area contributed by atoms with Gasteiger partial charge in [-0.05, 0) is 70.6 Å². The number of amides is 1. The minimum absolute atomic E-state index is 0.00722. The monoisotopic (exact) mass is 457 g/mol. The van der Waals surface area contributed by atoms with Crippen molar-refractivity contribution in [3.05, 3.63) is 29.8 Å². The number of hydrogen-bond acceptors (Lipinski definition) is 5. The molecule has 1 fully saturated rings. The predicted octanol–water partition coefficient (Wildman–Crippen LogP) is 4.96. The van der Waals surface area contributed by atoms with Gasteiger partial charge in [-0.2, -0.15) is 4.31 Å². The van der Waals surface area contributed by atoms with Gasteiger partial charge in [0.1, 0.15) is 5.60 Å². The average molecular weight is 458 g/mol. The molecule has 2 rings (SSSR count). The molecule has 1 saturated carbocycles. The lowest BCUT2D eigenvalue weighted by molar-refractivity contribution is -0.118. The molecule has 30 heavy (non-hydrogen) atoms. The average Bonchev–Trinajstić information content (AvgIpc) is 3.13. The third-order valence-corrected chi connectivity index (χ3v) is 7.56. The second-order valence-electron chi connectivity index (χ2n) is 10.4. The van der Waals surface area contributed by atoms with Gasteiger partial charge in [0.15, 0.2) is 5.78 Å². The zero-order valence-corrected chi connectivity index (χ0v) is 20.5. The van der Waals surface area contributed by atoms with Gasteiger partial charge in [0.05, 0.1) is 16.3 Å².